The number of imidazole rings is 1. The number of carbonyl (C=O) groups excluding carboxylic acids is 1. The van der Waals surface area contributed by atoms with E-state index in [1.807, 2.05) is 50.9 Å². The minimum absolute atomic E-state index is 0.0813. The molecule has 176 valence electrons. The Bertz CT molecular complexity index is 1110. The molecule has 1 aliphatic carbocycles. The molecule has 0 aromatic carbocycles. The minimum Gasteiger partial charge on any atom is -0.361 e. The fraction of sp³-hybridized carbons (Fsp3) is 0.520. The lowest BCUT2D eigenvalue weighted by Crippen LogP contribution is -2.31. The highest BCUT2D eigenvalue weighted by molar-refractivity contribution is 6.76. The van der Waals surface area contributed by atoms with Gasteiger partial charge in [0.2, 0.25) is 5.91 Å². The van der Waals surface area contributed by atoms with Crippen molar-refractivity contribution < 1.29 is 9.53 Å². The zero-order valence-corrected chi connectivity index (χ0v) is 21.8. The SMILES string of the molecule is Cc1ncc(C2=CCC3C(=C2)N(c2cn(COCC[Si](C)(C)C)c(C)n2)C(=O)C3(C)C)cn1. The van der Waals surface area contributed by atoms with Gasteiger partial charge in [-0.05, 0) is 38.0 Å². The molecular weight excluding hydrogens is 430 g/mol. The Morgan fingerprint density at radius 1 is 1.18 bits per heavy atom. The monoisotopic (exact) mass is 465 g/mol. The van der Waals surface area contributed by atoms with Gasteiger partial charge in [-0.2, -0.15) is 0 Å². The highest BCUT2D eigenvalue weighted by atomic mass is 28.3. The van der Waals surface area contributed by atoms with Crippen molar-refractivity contribution in [3.8, 4) is 0 Å². The molecule has 33 heavy (non-hydrogen) atoms. The fourth-order valence-corrected chi connectivity index (χ4v) is 5.13. The molecule has 3 heterocycles. The number of anilines is 1. The van der Waals surface area contributed by atoms with Crippen molar-refractivity contribution in [3.05, 3.63) is 53.7 Å². The zero-order valence-electron chi connectivity index (χ0n) is 20.8. The van der Waals surface area contributed by atoms with Gasteiger partial charge in [-0.1, -0.05) is 39.6 Å². The van der Waals surface area contributed by atoms with E-state index in [-0.39, 0.29) is 11.8 Å². The molecule has 1 aliphatic heterocycles. The molecule has 4 rings (SSSR count). The summed E-state index contributed by atoms with van der Waals surface area (Å²) in [5.41, 5.74) is 2.50. The van der Waals surface area contributed by atoms with E-state index < -0.39 is 13.5 Å². The molecule has 2 aromatic rings. The Hall–Kier alpha value is -2.58. The first-order chi connectivity index (χ1) is 15.5. The van der Waals surface area contributed by atoms with Gasteiger partial charge < -0.3 is 9.30 Å². The second-order valence-electron chi connectivity index (χ2n) is 10.9. The normalized spacial score (nSPS) is 20.0. The fourth-order valence-electron chi connectivity index (χ4n) is 4.37. The van der Waals surface area contributed by atoms with Gasteiger partial charge in [-0.25, -0.2) is 15.0 Å². The third-order valence-electron chi connectivity index (χ3n) is 6.65. The molecule has 8 heteroatoms. The maximum absolute atomic E-state index is 13.5. The lowest BCUT2D eigenvalue weighted by molar-refractivity contribution is -0.125. The Morgan fingerprint density at radius 2 is 1.88 bits per heavy atom. The Labute approximate surface area is 197 Å². The Kier molecular flexibility index (Phi) is 6.18. The summed E-state index contributed by atoms with van der Waals surface area (Å²) in [6.07, 6.45) is 10.7. The predicted molar refractivity (Wildman–Crippen MR) is 133 cm³/mol. The average Bonchev–Trinajstić information content (AvgIpc) is 3.19. The summed E-state index contributed by atoms with van der Waals surface area (Å²) in [7, 11) is -1.13. The van der Waals surface area contributed by atoms with Gasteiger partial charge >= 0.3 is 0 Å². The van der Waals surface area contributed by atoms with Crippen LogP contribution in [0.25, 0.3) is 5.57 Å². The van der Waals surface area contributed by atoms with Gasteiger partial charge in [0.1, 0.15) is 18.4 Å². The van der Waals surface area contributed by atoms with Crippen LogP contribution in [0.5, 0.6) is 0 Å². The number of allylic oxidation sites excluding steroid dienone is 4. The quantitative estimate of drug-likeness (QED) is 0.427. The highest BCUT2D eigenvalue weighted by Crippen LogP contribution is 2.50. The maximum atomic E-state index is 13.5. The van der Waals surface area contributed by atoms with Crippen molar-refractivity contribution >= 4 is 25.4 Å². The van der Waals surface area contributed by atoms with Crippen LogP contribution in [0.3, 0.4) is 0 Å². The van der Waals surface area contributed by atoms with Crippen LogP contribution in [-0.2, 0) is 16.3 Å². The van der Waals surface area contributed by atoms with Crippen LogP contribution in [-0.4, -0.2) is 40.1 Å². The van der Waals surface area contributed by atoms with E-state index >= 15 is 0 Å². The average molecular weight is 466 g/mol. The number of aryl methyl sites for hydroxylation is 2. The Balaban J connectivity index is 1.60. The van der Waals surface area contributed by atoms with Crippen LogP contribution in [0.15, 0.2) is 36.4 Å². The third kappa shape index (κ3) is 4.72. The van der Waals surface area contributed by atoms with E-state index in [1.54, 1.807) is 4.90 Å². The second-order valence-corrected chi connectivity index (χ2v) is 16.5. The molecule has 1 atom stereocenters. The Morgan fingerprint density at radius 3 is 2.55 bits per heavy atom. The van der Waals surface area contributed by atoms with E-state index in [0.717, 1.165) is 47.6 Å². The summed E-state index contributed by atoms with van der Waals surface area (Å²) in [5.74, 6) is 2.43. The molecule has 2 aliphatic rings. The largest absolute Gasteiger partial charge is 0.361 e. The molecule has 2 aromatic heterocycles. The summed E-state index contributed by atoms with van der Waals surface area (Å²) in [6, 6.07) is 1.12. The minimum atomic E-state index is -1.13. The number of amides is 1. The van der Waals surface area contributed by atoms with Crippen molar-refractivity contribution in [1.29, 1.82) is 0 Å². The van der Waals surface area contributed by atoms with Gasteiger partial charge in [-0.15, -0.1) is 0 Å². The molecule has 0 spiro atoms. The van der Waals surface area contributed by atoms with Crippen LogP contribution >= 0.6 is 0 Å². The van der Waals surface area contributed by atoms with Gasteiger partial charge in [0.05, 0.1) is 11.6 Å². The van der Waals surface area contributed by atoms with E-state index in [9.17, 15) is 4.79 Å². The predicted octanol–water partition coefficient (Wildman–Crippen LogP) is 4.96. The molecule has 1 unspecified atom stereocenters. The smallest absolute Gasteiger partial charge is 0.238 e. The lowest BCUT2D eigenvalue weighted by Gasteiger charge is -2.25. The summed E-state index contributed by atoms with van der Waals surface area (Å²) in [5, 5.41) is 0. The first-order valence-electron chi connectivity index (χ1n) is 11.6. The number of aromatic nitrogens is 4. The summed E-state index contributed by atoms with van der Waals surface area (Å²) in [4.78, 5) is 28.8. The zero-order chi connectivity index (χ0) is 24.0. The van der Waals surface area contributed by atoms with Gasteiger partial charge in [0, 0.05) is 44.3 Å². The van der Waals surface area contributed by atoms with Crippen LogP contribution in [0, 0.1) is 25.2 Å². The summed E-state index contributed by atoms with van der Waals surface area (Å²) < 4.78 is 7.92. The molecule has 7 nitrogen and oxygen atoms in total. The molecule has 1 amide bonds. The first kappa shape index (κ1) is 23.6. The molecule has 1 fully saturated rings. The topological polar surface area (TPSA) is 73.1 Å². The number of hydrogen-bond donors (Lipinski definition) is 0. The van der Waals surface area contributed by atoms with E-state index in [0.29, 0.717) is 12.5 Å². The van der Waals surface area contributed by atoms with Crippen molar-refractivity contribution in [2.45, 2.75) is 66.5 Å². The number of nitrogens with zero attached hydrogens (tertiary/aromatic N) is 5. The van der Waals surface area contributed by atoms with E-state index in [4.69, 9.17) is 9.72 Å². The van der Waals surface area contributed by atoms with Crippen LogP contribution < -0.4 is 4.90 Å². The molecule has 0 radical (unpaired) electrons. The maximum Gasteiger partial charge on any atom is 0.238 e. The van der Waals surface area contributed by atoms with Crippen molar-refractivity contribution in [2.75, 3.05) is 11.5 Å². The van der Waals surface area contributed by atoms with Gasteiger partial charge in [-0.3, -0.25) is 9.69 Å². The van der Waals surface area contributed by atoms with Crippen molar-refractivity contribution in [3.63, 3.8) is 0 Å². The number of carbonyl (C=O) groups is 1. The first-order valence-corrected chi connectivity index (χ1v) is 15.3. The van der Waals surface area contributed by atoms with Crippen LogP contribution in [0.4, 0.5) is 5.82 Å². The lowest BCUT2D eigenvalue weighted by atomic mass is 9.75. The van der Waals surface area contributed by atoms with Gasteiger partial charge in [0.15, 0.2) is 5.82 Å². The highest BCUT2D eigenvalue weighted by Gasteiger charge is 2.52. The van der Waals surface area contributed by atoms with Crippen molar-refractivity contribution in [2.24, 2.45) is 11.3 Å². The van der Waals surface area contributed by atoms with E-state index in [2.05, 4.69) is 41.8 Å². The molecule has 1 saturated heterocycles. The summed E-state index contributed by atoms with van der Waals surface area (Å²) in [6.45, 7) is 16.1. The standard InChI is InChI=1S/C25H35N5O2Si/c1-17-26-13-20(14-27-17)19-8-9-21-22(12-19)30(24(31)25(21,3)4)23-15-29(18(2)28-23)16-32-10-11-33(5,6)7/h8,12-15,21H,9-11,16H2,1-7H3. The van der Waals surface area contributed by atoms with E-state index in [1.165, 1.54) is 0 Å². The second kappa shape index (κ2) is 8.65. The molecular formula is C25H35N5O2Si. The van der Waals surface area contributed by atoms with Gasteiger partial charge in [0.25, 0.3) is 0 Å². The molecule has 0 N–H and O–H groups in total. The van der Waals surface area contributed by atoms with Crippen molar-refractivity contribution in [1.82, 2.24) is 19.5 Å². The summed E-state index contributed by atoms with van der Waals surface area (Å²) >= 11 is 0. The number of hydrogen-bond acceptors (Lipinski definition) is 5. The number of fused-ring (bicyclic) bond motifs is 1. The molecule has 0 bridgehead atoms. The molecule has 0 saturated carbocycles. The number of rotatable bonds is 7. The third-order valence-corrected chi connectivity index (χ3v) is 8.36. The van der Waals surface area contributed by atoms with Crippen LogP contribution in [0.2, 0.25) is 25.7 Å². The number of ether oxygens (including phenoxy) is 1. The van der Waals surface area contributed by atoms with Crippen LogP contribution in [0.1, 0.15) is 37.5 Å².